The smallest absolute Gasteiger partial charge is 0.258 e. The summed E-state index contributed by atoms with van der Waals surface area (Å²) in [5.74, 6) is 3.03. The Balaban J connectivity index is 1.15. The molecule has 5 aliphatic rings. The molecule has 1 amide bonds. The molecule has 4 aliphatic carbocycles. The van der Waals surface area contributed by atoms with Crippen LogP contribution < -0.4 is 11.1 Å². The number of anilines is 1. The van der Waals surface area contributed by atoms with Crippen molar-refractivity contribution in [1.29, 1.82) is 0 Å². The van der Waals surface area contributed by atoms with Gasteiger partial charge >= 0.3 is 0 Å². The zero-order valence-electron chi connectivity index (χ0n) is 17.9. The number of nitrogens with zero attached hydrogens (tertiary/aromatic N) is 3. The van der Waals surface area contributed by atoms with Gasteiger partial charge in [0.05, 0.1) is 17.8 Å². The van der Waals surface area contributed by atoms with Gasteiger partial charge in [-0.3, -0.25) is 4.79 Å². The number of nitrogens with one attached hydrogen (secondary N) is 1. The normalized spacial score (nSPS) is 33.5. The summed E-state index contributed by atoms with van der Waals surface area (Å²) in [7, 11) is 0. The maximum atomic E-state index is 14.3. The van der Waals surface area contributed by atoms with E-state index in [1.165, 1.54) is 32.1 Å². The van der Waals surface area contributed by atoms with Crippen molar-refractivity contribution in [3.8, 4) is 0 Å². The fourth-order valence-electron chi connectivity index (χ4n) is 7.26. The zero-order valence-corrected chi connectivity index (χ0v) is 17.9. The van der Waals surface area contributed by atoms with E-state index in [0.717, 1.165) is 41.4 Å². The number of nitrogens with two attached hydrogens (primary N) is 1. The van der Waals surface area contributed by atoms with Crippen molar-refractivity contribution in [3.63, 3.8) is 0 Å². The Bertz CT molecular complexity index is 988. The van der Waals surface area contributed by atoms with Gasteiger partial charge in [-0.25, -0.2) is 14.4 Å². The lowest BCUT2D eigenvalue weighted by molar-refractivity contribution is -0.198. The highest BCUT2D eigenvalue weighted by Crippen LogP contribution is 2.71. The summed E-state index contributed by atoms with van der Waals surface area (Å²) < 4.78 is 14.3. The third-order valence-corrected chi connectivity index (χ3v) is 8.61. The maximum absolute atomic E-state index is 14.3. The van der Waals surface area contributed by atoms with E-state index in [4.69, 9.17) is 5.73 Å². The number of carbonyl (C=O) groups is 1. The van der Waals surface area contributed by atoms with Crippen molar-refractivity contribution in [2.45, 2.75) is 57.9 Å². The summed E-state index contributed by atoms with van der Waals surface area (Å²) >= 11 is 0. The van der Waals surface area contributed by atoms with Gasteiger partial charge in [0.25, 0.3) is 5.91 Å². The van der Waals surface area contributed by atoms with E-state index in [2.05, 4.69) is 15.3 Å². The Morgan fingerprint density at radius 3 is 2.84 bits per heavy atom. The summed E-state index contributed by atoms with van der Waals surface area (Å²) in [5.41, 5.74) is 8.65. The van der Waals surface area contributed by atoms with Gasteiger partial charge in [-0.1, -0.05) is 25.3 Å². The van der Waals surface area contributed by atoms with Gasteiger partial charge in [-0.15, -0.1) is 0 Å². The molecule has 7 heteroatoms. The SMILES string of the molecule is NC1=CCCC(F)=C1C(=O)N1CCc2c(ncnc2NCC23CC4CCCC(C2)C43)C1. The van der Waals surface area contributed by atoms with Crippen molar-refractivity contribution in [2.24, 2.45) is 28.9 Å². The second-order valence-corrected chi connectivity index (χ2v) is 10.2. The van der Waals surface area contributed by atoms with Gasteiger partial charge in [0, 0.05) is 30.8 Å². The standard InChI is InChI=1S/C24H30FN5O/c25-17-5-2-6-18(26)20(17)23(31)30-8-7-16-19(11-30)28-13-29-22(16)27-12-24-9-14-3-1-4-15(10-24)21(14)24/h6,13-15,21H,1-5,7-12,26H2,(H,27,28,29). The average Bonchev–Trinajstić information content (AvgIpc) is 2.73. The largest absolute Gasteiger partial charge is 0.398 e. The Morgan fingerprint density at radius 1 is 1.26 bits per heavy atom. The van der Waals surface area contributed by atoms with Gasteiger partial charge in [-0.05, 0) is 48.9 Å². The van der Waals surface area contributed by atoms with E-state index in [1.54, 1.807) is 17.3 Å². The summed E-state index contributed by atoms with van der Waals surface area (Å²) in [6.07, 6.45) is 11.8. The Labute approximate surface area is 182 Å². The van der Waals surface area contributed by atoms with E-state index in [0.29, 0.717) is 31.3 Å². The van der Waals surface area contributed by atoms with Gasteiger partial charge < -0.3 is 16.0 Å². The van der Waals surface area contributed by atoms with Crippen LogP contribution in [-0.2, 0) is 17.8 Å². The van der Waals surface area contributed by atoms with Crippen LogP contribution >= 0.6 is 0 Å². The number of halogens is 1. The molecule has 6 rings (SSSR count). The molecule has 3 saturated carbocycles. The second-order valence-electron chi connectivity index (χ2n) is 10.2. The molecule has 1 aromatic heterocycles. The number of fused-ring (bicyclic) bond motifs is 1. The highest BCUT2D eigenvalue weighted by atomic mass is 19.1. The first-order valence-electron chi connectivity index (χ1n) is 11.8. The molecule has 3 fully saturated rings. The number of rotatable bonds is 4. The van der Waals surface area contributed by atoms with Gasteiger partial charge in [0.2, 0.25) is 0 Å². The number of hydrogen-bond donors (Lipinski definition) is 2. The Kier molecular flexibility index (Phi) is 4.37. The maximum Gasteiger partial charge on any atom is 0.258 e. The third kappa shape index (κ3) is 2.92. The van der Waals surface area contributed by atoms with E-state index in [9.17, 15) is 9.18 Å². The molecule has 31 heavy (non-hydrogen) atoms. The van der Waals surface area contributed by atoms with Crippen molar-refractivity contribution in [1.82, 2.24) is 14.9 Å². The van der Waals surface area contributed by atoms with Crippen molar-refractivity contribution in [2.75, 3.05) is 18.4 Å². The predicted octanol–water partition coefficient (Wildman–Crippen LogP) is 3.46. The molecular formula is C24H30FN5O. The van der Waals surface area contributed by atoms with E-state index < -0.39 is 5.83 Å². The lowest BCUT2D eigenvalue weighted by Crippen LogP contribution is -2.65. The molecule has 3 N–H and O–H groups in total. The Morgan fingerprint density at radius 2 is 2.06 bits per heavy atom. The first kappa shape index (κ1) is 19.3. The fourth-order valence-corrected chi connectivity index (χ4v) is 7.26. The molecule has 2 atom stereocenters. The van der Waals surface area contributed by atoms with E-state index in [1.807, 2.05) is 0 Å². The van der Waals surface area contributed by atoms with Crippen molar-refractivity contribution in [3.05, 3.63) is 40.8 Å². The number of aromatic nitrogens is 2. The molecule has 6 nitrogen and oxygen atoms in total. The van der Waals surface area contributed by atoms with Crippen LogP contribution in [0.25, 0.3) is 0 Å². The summed E-state index contributed by atoms with van der Waals surface area (Å²) in [6.45, 7) is 1.89. The van der Waals surface area contributed by atoms with Gasteiger partial charge in [0.1, 0.15) is 18.0 Å². The lowest BCUT2D eigenvalue weighted by atomic mass is 9.35. The molecule has 2 unspecified atom stereocenters. The van der Waals surface area contributed by atoms with Gasteiger partial charge in [0.15, 0.2) is 0 Å². The van der Waals surface area contributed by atoms with Crippen LogP contribution in [0.15, 0.2) is 29.5 Å². The van der Waals surface area contributed by atoms with Crippen LogP contribution in [-0.4, -0.2) is 33.9 Å². The van der Waals surface area contributed by atoms with E-state index >= 15 is 0 Å². The second kappa shape index (κ2) is 7.04. The zero-order chi connectivity index (χ0) is 21.2. The minimum absolute atomic E-state index is 0.0350. The highest BCUT2D eigenvalue weighted by molar-refractivity contribution is 5.98. The number of amides is 1. The van der Waals surface area contributed by atoms with Crippen molar-refractivity contribution >= 4 is 11.7 Å². The topological polar surface area (TPSA) is 84.1 Å². The molecule has 0 aromatic carbocycles. The van der Waals surface area contributed by atoms with Crippen LogP contribution in [0.2, 0.25) is 0 Å². The minimum atomic E-state index is -0.402. The molecule has 0 saturated heterocycles. The summed E-state index contributed by atoms with van der Waals surface area (Å²) in [4.78, 5) is 23.6. The molecule has 0 bridgehead atoms. The van der Waals surface area contributed by atoms with Crippen LogP contribution in [0.1, 0.15) is 56.2 Å². The van der Waals surface area contributed by atoms with Crippen LogP contribution in [0.5, 0.6) is 0 Å². The quantitative estimate of drug-likeness (QED) is 0.775. The van der Waals surface area contributed by atoms with Gasteiger partial charge in [-0.2, -0.15) is 0 Å². The first-order chi connectivity index (χ1) is 15.1. The molecule has 164 valence electrons. The monoisotopic (exact) mass is 423 g/mol. The van der Waals surface area contributed by atoms with Crippen LogP contribution in [0, 0.1) is 23.2 Å². The van der Waals surface area contributed by atoms with Crippen LogP contribution in [0.3, 0.4) is 0 Å². The van der Waals surface area contributed by atoms with Crippen molar-refractivity contribution < 1.29 is 9.18 Å². The summed E-state index contributed by atoms with van der Waals surface area (Å²) in [5, 5.41) is 3.65. The molecule has 1 aromatic rings. The molecular weight excluding hydrogens is 393 g/mol. The molecule has 2 heterocycles. The molecule has 1 aliphatic heterocycles. The molecule has 0 radical (unpaired) electrons. The molecule has 0 spiro atoms. The highest BCUT2D eigenvalue weighted by Gasteiger charge is 2.65. The predicted molar refractivity (Wildman–Crippen MR) is 115 cm³/mol. The first-order valence-corrected chi connectivity index (χ1v) is 11.8. The summed E-state index contributed by atoms with van der Waals surface area (Å²) in [6, 6.07) is 0. The van der Waals surface area contributed by atoms with Crippen LogP contribution in [0.4, 0.5) is 10.2 Å². The number of carbonyl (C=O) groups excluding carboxylic acids is 1. The third-order valence-electron chi connectivity index (χ3n) is 8.61. The van der Waals surface area contributed by atoms with E-state index in [-0.39, 0.29) is 23.6 Å². The average molecular weight is 424 g/mol. The fraction of sp³-hybridized carbons (Fsp3) is 0.625. The minimum Gasteiger partial charge on any atom is -0.398 e. The number of hydrogen-bond acceptors (Lipinski definition) is 5. The number of allylic oxidation sites excluding steroid dienone is 2. The Hall–Kier alpha value is -2.44. The lowest BCUT2D eigenvalue weighted by Gasteiger charge is -2.70.